The van der Waals surface area contributed by atoms with Gasteiger partial charge in [0.05, 0.1) is 6.10 Å². The highest BCUT2D eigenvalue weighted by Crippen LogP contribution is 2.29. The highest BCUT2D eigenvalue weighted by Gasteiger charge is 2.50. The molecule has 1 aromatic rings. The molecule has 11 nitrogen and oxygen atoms in total. The Morgan fingerprint density at radius 2 is 1.44 bits per heavy atom. The summed E-state index contributed by atoms with van der Waals surface area (Å²) in [5.74, 6) is -1.85. The van der Waals surface area contributed by atoms with Gasteiger partial charge in [0.15, 0.2) is 24.6 Å². The minimum Gasteiger partial charge on any atom is -0.456 e. The zero-order valence-electron chi connectivity index (χ0n) is 21.1. The number of hydrogen-bond acceptors (Lipinski definition) is 10. The minimum atomic E-state index is -1.12. The van der Waals surface area contributed by atoms with Gasteiger partial charge in [-0.2, -0.15) is 0 Å². The van der Waals surface area contributed by atoms with E-state index in [4.69, 9.17) is 28.4 Å². The number of nitrogens with one attached hydrogen (secondary N) is 1. The van der Waals surface area contributed by atoms with Crippen molar-refractivity contribution in [2.24, 2.45) is 0 Å². The van der Waals surface area contributed by atoms with Crippen LogP contribution in [0.5, 0.6) is 0 Å². The molecular weight excluding hydrogens is 474 g/mol. The quantitative estimate of drug-likeness (QED) is 0.254. The number of rotatable bonds is 12. The van der Waals surface area contributed by atoms with Crippen LogP contribution in [0, 0.1) is 0 Å². The lowest BCUT2D eigenvalue weighted by atomic mass is 9.99. The summed E-state index contributed by atoms with van der Waals surface area (Å²) in [6.45, 7) is 6.19. The number of carbonyl (C=O) groups excluding carboxylic acids is 4. The maximum atomic E-state index is 11.8. The van der Waals surface area contributed by atoms with Gasteiger partial charge < -0.3 is 33.7 Å². The number of ether oxygens (including phenoxy) is 6. The van der Waals surface area contributed by atoms with Crippen LogP contribution in [-0.4, -0.2) is 67.9 Å². The van der Waals surface area contributed by atoms with Crippen LogP contribution in [0.25, 0.3) is 0 Å². The summed E-state index contributed by atoms with van der Waals surface area (Å²) in [5.41, 5.74) is 0.909. The molecule has 1 saturated heterocycles. The molecular formula is C25H35NO10. The van der Waals surface area contributed by atoms with E-state index in [1.165, 1.54) is 20.8 Å². The van der Waals surface area contributed by atoms with Gasteiger partial charge in [-0.25, -0.2) is 4.79 Å². The molecule has 1 N–H and O–H groups in total. The number of unbranched alkanes of at least 4 members (excludes halogenated alkanes) is 2. The van der Waals surface area contributed by atoms with E-state index in [0.717, 1.165) is 12.0 Å². The van der Waals surface area contributed by atoms with Crippen LogP contribution in [0.1, 0.15) is 52.5 Å². The Balaban J connectivity index is 1.77. The molecule has 0 spiro atoms. The van der Waals surface area contributed by atoms with Crippen molar-refractivity contribution >= 4 is 24.0 Å². The second-order valence-corrected chi connectivity index (χ2v) is 8.35. The van der Waals surface area contributed by atoms with Crippen LogP contribution < -0.4 is 5.32 Å². The zero-order valence-corrected chi connectivity index (χ0v) is 21.1. The van der Waals surface area contributed by atoms with Crippen molar-refractivity contribution in [2.75, 3.05) is 13.2 Å². The number of carbonyl (C=O) groups is 4. The standard InChI is InChI=1S/C25H35NO10/c1-16-21(34-17(2)27)22(35-18(3)28)23(36-19(4)29)24(33-16)31-14-10-6-9-13-26-25(30)32-15-20-11-7-5-8-12-20/h5,7-8,11-12,16,21-24H,6,9-10,13-15H2,1-4H3,(H,26,30)/t16-,21+,22+,23-,24-/m0/s1. The Hall–Kier alpha value is -3.18. The second-order valence-electron chi connectivity index (χ2n) is 8.35. The Kier molecular flexibility index (Phi) is 12.1. The summed E-state index contributed by atoms with van der Waals surface area (Å²) >= 11 is 0. The lowest BCUT2D eigenvalue weighted by molar-refractivity contribution is -0.300. The van der Waals surface area contributed by atoms with Crippen molar-refractivity contribution in [1.29, 1.82) is 0 Å². The summed E-state index contributed by atoms with van der Waals surface area (Å²) in [6.07, 6.45) is -3.29. The average molecular weight is 510 g/mol. The fourth-order valence-corrected chi connectivity index (χ4v) is 3.67. The van der Waals surface area contributed by atoms with Crippen molar-refractivity contribution < 1.29 is 47.6 Å². The first kappa shape index (κ1) is 29.1. The predicted molar refractivity (Wildman–Crippen MR) is 125 cm³/mol. The minimum absolute atomic E-state index is 0.205. The number of alkyl carbamates (subject to hydrolysis) is 1. The first-order chi connectivity index (χ1) is 17.2. The van der Waals surface area contributed by atoms with Gasteiger partial charge in [0.2, 0.25) is 0 Å². The summed E-state index contributed by atoms with van der Waals surface area (Å²) < 4.78 is 32.7. The number of esters is 3. The molecule has 1 aromatic carbocycles. The summed E-state index contributed by atoms with van der Waals surface area (Å²) in [4.78, 5) is 46.7. The first-order valence-electron chi connectivity index (χ1n) is 11.9. The van der Waals surface area contributed by atoms with Crippen molar-refractivity contribution in [3.63, 3.8) is 0 Å². The highest BCUT2D eigenvalue weighted by molar-refractivity contribution is 5.68. The monoisotopic (exact) mass is 509 g/mol. The molecule has 1 fully saturated rings. The summed E-state index contributed by atoms with van der Waals surface area (Å²) in [6, 6.07) is 9.40. The van der Waals surface area contributed by atoms with Crippen LogP contribution in [0.2, 0.25) is 0 Å². The molecule has 0 bridgehead atoms. The Morgan fingerprint density at radius 3 is 2.08 bits per heavy atom. The number of amides is 1. The van der Waals surface area contributed by atoms with Crippen LogP contribution in [0.15, 0.2) is 30.3 Å². The molecule has 0 saturated carbocycles. The molecule has 0 aliphatic carbocycles. The van der Waals surface area contributed by atoms with Crippen LogP contribution >= 0.6 is 0 Å². The smallest absolute Gasteiger partial charge is 0.407 e. The first-order valence-corrected chi connectivity index (χ1v) is 11.9. The molecule has 0 unspecified atom stereocenters. The molecule has 11 heteroatoms. The van der Waals surface area contributed by atoms with Gasteiger partial charge in [0.25, 0.3) is 0 Å². The lowest BCUT2D eigenvalue weighted by Gasteiger charge is -2.43. The number of hydrogen-bond donors (Lipinski definition) is 1. The highest BCUT2D eigenvalue weighted by atomic mass is 16.7. The molecule has 1 heterocycles. The molecule has 36 heavy (non-hydrogen) atoms. The Bertz CT molecular complexity index is 862. The predicted octanol–water partition coefficient (Wildman–Crippen LogP) is 2.64. The van der Waals surface area contributed by atoms with Gasteiger partial charge >= 0.3 is 24.0 Å². The van der Waals surface area contributed by atoms with E-state index in [2.05, 4.69) is 5.32 Å². The largest absolute Gasteiger partial charge is 0.456 e. The topological polar surface area (TPSA) is 136 Å². The fraction of sp³-hybridized carbons (Fsp3) is 0.600. The zero-order chi connectivity index (χ0) is 26.5. The van der Waals surface area contributed by atoms with Gasteiger partial charge in [-0.15, -0.1) is 0 Å². The maximum Gasteiger partial charge on any atom is 0.407 e. The van der Waals surface area contributed by atoms with Crippen molar-refractivity contribution in [1.82, 2.24) is 5.32 Å². The molecule has 0 aromatic heterocycles. The van der Waals surface area contributed by atoms with Gasteiger partial charge in [-0.1, -0.05) is 30.3 Å². The van der Waals surface area contributed by atoms with E-state index >= 15 is 0 Å². The van der Waals surface area contributed by atoms with Crippen LogP contribution in [0.4, 0.5) is 4.79 Å². The van der Waals surface area contributed by atoms with Crippen LogP contribution in [-0.2, 0) is 49.4 Å². The van der Waals surface area contributed by atoms with Gasteiger partial charge in [-0.05, 0) is 31.7 Å². The fourth-order valence-electron chi connectivity index (χ4n) is 3.67. The van der Waals surface area contributed by atoms with E-state index in [9.17, 15) is 19.2 Å². The SMILES string of the molecule is CC(=O)O[C@H]1[C@H](OC(C)=O)[C@@H](OCCCCCNC(=O)OCc2ccccc2)O[C@@H](C)[C@H]1OC(C)=O. The molecule has 5 atom stereocenters. The molecule has 1 aliphatic rings. The summed E-state index contributed by atoms with van der Waals surface area (Å²) in [5, 5.41) is 2.70. The Morgan fingerprint density at radius 1 is 0.833 bits per heavy atom. The third kappa shape index (κ3) is 10.2. The van der Waals surface area contributed by atoms with E-state index in [1.807, 2.05) is 30.3 Å². The van der Waals surface area contributed by atoms with E-state index in [-0.39, 0.29) is 13.2 Å². The van der Waals surface area contributed by atoms with Crippen molar-refractivity contribution in [2.45, 2.75) is 84.3 Å². The van der Waals surface area contributed by atoms with E-state index in [1.54, 1.807) is 6.92 Å². The lowest BCUT2D eigenvalue weighted by Crippen LogP contribution is -2.61. The van der Waals surface area contributed by atoms with Gasteiger partial charge in [0.1, 0.15) is 6.61 Å². The summed E-state index contributed by atoms with van der Waals surface area (Å²) in [7, 11) is 0. The normalized spacial score (nSPS) is 23.3. The molecule has 200 valence electrons. The molecule has 1 amide bonds. The van der Waals surface area contributed by atoms with E-state index < -0.39 is 54.7 Å². The average Bonchev–Trinajstić information content (AvgIpc) is 2.81. The van der Waals surface area contributed by atoms with E-state index in [0.29, 0.717) is 19.4 Å². The number of benzene rings is 1. The maximum absolute atomic E-state index is 11.8. The van der Waals surface area contributed by atoms with Crippen molar-refractivity contribution in [3.05, 3.63) is 35.9 Å². The van der Waals surface area contributed by atoms with Crippen molar-refractivity contribution in [3.8, 4) is 0 Å². The van der Waals surface area contributed by atoms with Gasteiger partial charge in [0, 0.05) is 33.9 Å². The van der Waals surface area contributed by atoms with Gasteiger partial charge in [-0.3, -0.25) is 14.4 Å². The second kappa shape index (κ2) is 15.0. The third-order valence-corrected chi connectivity index (χ3v) is 5.22. The third-order valence-electron chi connectivity index (χ3n) is 5.22. The molecule has 2 rings (SSSR count). The molecule has 0 radical (unpaired) electrons. The van der Waals surface area contributed by atoms with Crippen LogP contribution in [0.3, 0.4) is 0 Å². The Labute approximate surface area is 210 Å². The molecule has 1 aliphatic heterocycles.